The van der Waals surface area contributed by atoms with Crippen molar-refractivity contribution in [3.05, 3.63) is 168 Å². The second kappa shape index (κ2) is 12.1. The third kappa shape index (κ3) is 5.36. The van der Waals surface area contributed by atoms with E-state index in [0.29, 0.717) is 0 Å². The molecular weight excluding hydrogens is 574 g/mol. The second-order valence-electron chi connectivity index (χ2n) is 12.0. The molecule has 2 aromatic heterocycles. The van der Waals surface area contributed by atoms with E-state index in [4.69, 9.17) is 15.0 Å². The number of benzene rings is 4. The highest BCUT2D eigenvalue weighted by Gasteiger charge is 2.29. The molecule has 47 heavy (non-hydrogen) atoms. The van der Waals surface area contributed by atoms with Crippen LogP contribution in [-0.2, 0) is 0 Å². The van der Waals surface area contributed by atoms with Crippen LogP contribution >= 0.6 is 0 Å². The number of hydrogen-bond donors (Lipinski definition) is 1. The van der Waals surface area contributed by atoms with Crippen LogP contribution in [0, 0.1) is 0 Å². The summed E-state index contributed by atoms with van der Waals surface area (Å²) in [6, 6.07) is 43.6. The van der Waals surface area contributed by atoms with Gasteiger partial charge in [-0.3, -0.25) is 4.98 Å². The molecule has 0 aliphatic carbocycles. The van der Waals surface area contributed by atoms with Crippen molar-refractivity contribution in [2.24, 2.45) is 9.98 Å². The van der Waals surface area contributed by atoms with Crippen LogP contribution in [0.3, 0.4) is 0 Å². The van der Waals surface area contributed by atoms with Crippen molar-refractivity contribution in [3.8, 4) is 22.4 Å². The predicted molar refractivity (Wildman–Crippen MR) is 194 cm³/mol. The maximum atomic E-state index is 5.51. The van der Waals surface area contributed by atoms with Gasteiger partial charge in [-0.1, -0.05) is 122 Å². The first-order valence-electron chi connectivity index (χ1n) is 16.0. The number of hydrogen-bond acceptors (Lipinski definition) is 5. The Hall–Kier alpha value is -5.94. The molecular formula is C42H33N5. The molecule has 8 rings (SSSR count). The number of aromatic nitrogens is 2. The lowest BCUT2D eigenvalue weighted by Crippen LogP contribution is -2.44. The minimum atomic E-state index is -0.227. The molecule has 1 N–H and O–H groups in total. The average molecular weight is 608 g/mol. The second-order valence-corrected chi connectivity index (χ2v) is 12.0. The lowest BCUT2D eigenvalue weighted by molar-refractivity contribution is 0.850. The summed E-state index contributed by atoms with van der Waals surface area (Å²) in [7, 11) is 0. The quantitative estimate of drug-likeness (QED) is 0.212. The van der Waals surface area contributed by atoms with Crippen molar-refractivity contribution in [2.75, 3.05) is 0 Å². The average Bonchev–Trinajstić information content (AvgIpc) is 3.31. The Balaban J connectivity index is 1.35. The number of nitrogens with zero attached hydrogens (tertiary/aromatic N) is 4. The van der Waals surface area contributed by atoms with Crippen LogP contribution in [0.1, 0.15) is 36.6 Å². The first kappa shape index (κ1) is 28.5. The smallest absolute Gasteiger partial charge is 0.153 e. The number of allylic oxidation sites excluding steroid dienone is 1. The first-order chi connectivity index (χ1) is 23.1. The minimum Gasteiger partial charge on any atom is -0.356 e. The Bertz CT molecular complexity index is 2220. The first-order valence-corrected chi connectivity index (χ1v) is 16.0. The number of amidine groups is 1. The Morgan fingerprint density at radius 1 is 0.660 bits per heavy atom. The maximum absolute atomic E-state index is 5.51. The topological polar surface area (TPSA) is 62.5 Å². The van der Waals surface area contributed by atoms with Crippen molar-refractivity contribution in [2.45, 2.75) is 25.8 Å². The van der Waals surface area contributed by atoms with Gasteiger partial charge in [-0.15, -0.1) is 0 Å². The zero-order valence-electron chi connectivity index (χ0n) is 26.3. The van der Waals surface area contributed by atoms with E-state index < -0.39 is 0 Å². The molecule has 0 bridgehead atoms. The fourth-order valence-corrected chi connectivity index (χ4v) is 6.50. The van der Waals surface area contributed by atoms with Gasteiger partial charge < -0.3 is 5.32 Å². The summed E-state index contributed by atoms with van der Waals surface area (Å²) >= 11 is 0. The van der Waals surface area contributed by atoms with Crippen molar-refractivity contribution in [1.82, 2.24) is 15.3 Å². The van der Waals surface area contributed by atoms with Gasteiger partial charge in [0.05, 0.1) is 34.3 Å². The van der Waals surface area contributed by atoms with Gasteiger partial charge in [0, 0.05) is 28.6 Å². The molecule has 0 saturated heterocycles. The Morgan fingerprint density at radius 3 is 2.04 bits per heavy atom. The van der Waals surface area contributed by atoms with Gasteiger partial charge in [-0.25, -0.2) is 15.0 Å². The highest BCUT2D eigenvalue weighted by Crippen LogP contribution is 2.42. The van der Waals surface area contributed by atoms with E-state index in [1.807, 2.05) is 30.3 Å². The maximum Gasteiger partial charge on any atom is 0.153 e. The van der Waals surface area contributed by atoms with Crippen LogP contribution in [-0.4, -0.2) is 27.6 Å². The predicted octanol–water partition coefficient (Wildman–Crippen LogP) is 9.56. The molecule has 5 heteroatoms. The molecule has 2 atom stereocenters. The molecule has 2 aliphatic heterocycles. The van der Waals surface area contributed by atoms with Gasteiger partial charge in [0.15, 0.2) is 5.84 Å². The van der Waals surface area contributed by atoms with Crippen LogP contribution in [0.15, 0.2) is 161 Å². The standard InChI is InChI=1S/C42H33N5/c1-27-21-24-35(39-28(2)38(31-18-10-5-11-19-31)46-42(47-39)36-20-12-13-25-43-36)44-40-32(27)22-23-33-34(29-14-6-3-7-15-29)26-37(45-41(33)40)30-16-8-4-9-17-30/h3-27,39H,1-2H3,(H,46,47). The van der Waals surface area contributed by atoms with Gasteiger partial charge in [0.25, 0.3) is 0 Å². The summed E-state index contributed by atoms with van der Waals surface area (Å²) in [5.74, 6) is 0.867. The number of aliphatic imine (C=N–C) groups is 2. The fourth-order valence-electron chi connectivity index (χ4n) is 6.50. The van der Waals surface area contributed by atoms with Gasteiger partial charge in [-0.2, -0.15) is 0 Å². The normalized spacial score (nSPS) is 17.4. The number of nitrogens with one attached hydrogen (secondary N) is 1. The third-order valence-electron chi connectivity index (χ3n) is 8.99. The van der Waals surface area contributed by atoms with Crippen LogP contribution < -0.4 is 5.32 Å². The molecule has 6 aromatic rings. The molecule has 2 unspecified atom stereocenters. The number of rotatable bonds is 5. The highest BCUT2D eigenvalue weighted by atomic mass is 15.1. The van der Waals surface area contributed by atoms with E-state index in [1.54, 1.807) is 6.20 Å². The van der Waals surface area contributed by atoms with Crippen molar-refractivity contribution < 1.29 is 0 Å². The highest BCUT2D eigenvalue weighted by molar-refractivity contribution is 6.13. The monoisotopic (exact) mass is 607 g/mol. The molecule has 0 saturated carbocycles. The molecule has 0 fully saturated rings. The van der Waals surface area contributed by atoms with E-state index in [1.165, 1.54) is 0 Å². The zero-order valence-corrected chi connectivity index (χ0v) is 26.3. The Kier molecular flexibility index (Phi) is 7.35. The summed E-state index contributed by atoms with van der Waals surface area (Å²) in [4.78, 5) is 20.6. The summed E-state index contributed by atoms with van der Waals surface area (Å²) in [6.45, 7) is 4.37. The van der Waals surface area contributed by atoms with Crippen molar-refractivity contribution >= 4 is 33.8 Å². The SMILES string of the molecule is CC1=C(c2ccccc2)N=C(c2ccccn2)NC1C1=Nc2c(ccc3c(-c4ccccc4)cc(-c4ccccc4)nc23)C(C)C=C1. The number of fused-ring (bicyclic) bond motifs is 3. The van der Waals surface area contributed by atoms with E-state index in [9.17, 15) is 0 Å². The van der Waals surface area contributed by atoms with E-state index in [-0.39, 0.29) is 12.0 Å². The van der Waals surface area contributed by atoms with Crippen LogP contribution in [0.25, 0.3) is 39.0 Å². The lowest BCUT2D eigenvalue weighted by Gasteiger charge is -2.28. The van der Waals surface area contributed by atoms with Gasteiger partial charge in [0.1, 0.15) is 5.69 Å². The van der Waals surface area contributed by atoms with Crippen LogP contribution in [0.4, 0.5) is 5.69 Å². The van der Waals surface area contributed by atoms with E-state index in [0.717, 1.165) is 78.6 Å². The molecule has 5 nitrogen and oxygen atoms in total. The molecule has 0 spiro atoms. The van der Waals surface area contributed by atoms with Crippen molar-refractivity contribution in [3.63, 3.8) is 0 Å². The van der Waals surface area contributed by atoms with Gasteiger partial charge in [0.2, 0.25) is 0 Å². The zero-order chi connectivity index (χ0) is 31.7. The molecule has 4 heterocycles. The molecule has 4 aromatic carbocycles. The Labute approximate surface area is 274 Å². The molecule has 2 aliphatic rings. The molecule has 0 amide bonds. The summed E-state index contributed by atoms with van der Waals surface area (Å²) in [5.41, 5.74) is 12.0. The third-order valence-corrected chi connectivity index (χ3v) is 8.99. The summed E-state index contributed by atoms with van der Waals surface area (Å²) in [5, 5.41) is 4.79. The van der Waals surface area contributed by atoms with E-state index in [2.05, 4.69) is 133 Å². The van der Waals surface area contributed by atoms with Gasteiger partial charge >= 0.3 is 0 Å². The Morgan fingerprint density at radius 2 is 1.34 bits per heavy atom. The fraction of sp³-hybridized carbons (Fsp3) is 0.0952. The molecule has 0 radical (unpaired) electrons. The van der Waals surface area contributed by atoms with Crippen molar-refractivity contribution in [1.29, 1.82) is 0 Å². The number of pyridine rings is 2. The van der Waals surface area contributed by atoms with Crippen LogP contribution in [0.5, 0.6) is 0 Å². The van der Waals surface area contributed by atoms with E-state index >= 15 is 0 Å². The summed E-state index contributed by atoms with van der Waals surface area (Å²) < 4.78 is 0. The van der Waals surface area contributed by atoms with Crippen LogP contribution in [0.2, 0.25) is 0 Å². The summed E-state index contributed by atoms with van der Waals surface area (Å²) in [6.07, 6.45) is 6.22. The lowest BCUT2D eigenvalue weighted by atomic mass is 9.93. The van der Waals surface area contributed by atoms with Gasteiger partial charge in [-0.05, 0) is 53.5 Å². The largest absolute Gasteiger partial charge is 0.356 e. The molecule has 226 valence electrons. The minimum absolute atomic E-state index is 0.142.